The van der Waals surface area contributed by atoms with Crippen LogP contribution in [-0.2, 0) is 9.36 Å². The van der Waals surface area contributed by atoms with Crippen molar-refractivity contribution in [2.75, 3.05) is 12.8 Å². The molecule has 108 valence electrons. The second kappa shape index (κ2) is 7.97. The molecule has 0 amide bonds. The molecule has 0 aromatic carbocycles. The summed E-state index contributed by atoms with van der Waals surface area (Å²) in [7, 11) is -4.31. The summed E-state index contributed by atoms with van der Waals surface area (Å²) in [5.74, 6) is -1.14. The van der Waals surface area contributed by atoms with Crippen molar-refractivity contribution >= 4 is 45.4 Å². The number of hydrogen-bond donors (Lipinski definition) is 3. The Bertz CT molecular complexity index is 320. The van der Waals surface area contributed by atoms with Crippen LogP contribution in [0.3, 0.4) is 0 Å². The zero-order valence-corrected chi connectivity index (χ0v) is 14.1. The summed E-state index contributed by atoms with van der Waals surface area (Å²) in [6.07, 6.45) is 2.74. The van der Waals surface area contributed by atoms with Crippen molar-refractivity contribution in [3.05, 3.63) is 0 Å². The molecule has 0 rings (SSSR count). The Morgan fingerprint density at radius 3 is 2.28 bits per heavy atom. The molecule has 0 unspecified atom stereocenters. The van der Waals surface area contributed by atoms with E-state index in [2.05, 4.69) is 31.9 Å². The van der Waals surface area contributed by atoms with Crippen molar-refractivity contribution in [2.24, 2.45) is 0 Å². The zero-order chi connectivity index (χ0) is 14.4. The largest absolute Gasteiger partial charge is 0.480 e. The summed E-state index contributed by atoms with van der Waals surface area (Å²) in [6.45, 7) is 1.59. The number of alkyl halides is 2. The molecule has 0 aliphatic carbocycles. The van der Waals surface area contributed by atoms with Gasteiger partial charge in [0.05, 0.1) is 6.54 Å². The predicted molar refractivity (Wildman–Crippen MR) is 76.0 cm³/mol. The third kappa shape index (κ3) is 8.61. The first-order chi connectivity index (χ1) is 8.08. The van der Waals surface area contributed by atoms with Gasteiger partial charge in [-0.3, -0.25) is 14.3 Å². The van der Waals surface area contributed by atoms with E-state index in [1.165, 1.54) is 4.90 Å². The number of nitrogens with zero attached hydrogens (tertiary/aromatic N) is 1. The molecule has 0 aliphatic rings. The molecule has 0 aromatic heterocycles. The van der Waals surface area contributed by atoms with Crippen LogP contribution in [0.1, 0.15) is 32.6 Å². The van der Waals surface area contributed by atoms with Crippen LogP contribution in [0, 0.1) is 0 Å². The minimum absolute atomic E-state index is 0.451. The Balaban J connectivity index is 4.70. The molecule has 9 heteroatoms. The first kappa shape index (κ1) is 18.5. The maximum absolute atomic E-state index is 11.0. The van der Waals surface area contributed by atoms with Crippen molar-refractivity contribution in [3.8, 4) is 0 Å². The average Bonchev–Trinajstić information content (AvgIpc) is 2.14. The summed E-state index contributed by atoms with van der Waals surface area (Å²) in [6, 6.07) is 0. The lowest BCUT2D eigenvalue weighted by Crippen LogP contribution is -2.42. The monoisotopic (exact) mass is 409 g/mol. The van der Waals surface area contributed by atoms with Crippen LogP contribution in [0.5, 0.6) is 0 Å². The Labute approximate surface area is 123 Å². The molecule has 0 aromatic rings. The second-order valence-corrected chi connectivity index (χ2v) is 9.32. The topological polar surface area (TPSA) is 98.1 Å². The van der Waals surface area contributed by atoms with Crippen molar-refractivity contribution < 1.29 is 24.3 Å². The molecular weight excluding hydrogens is 393 g/mol. The van der Waals surface area contributed by atoms with Crippen LogP contribution >= 0.6 is 39.5 Å². The highest BCUT2D eigenvalue weighted by Crippen LogP contribution is 2.43. The highest BCUT2D eigenvalue weighted by Gasteiger charge is 2.36. The molecule has 0 fully saturated rings. The number of hydrogen-bond acceptors (Lipinski definition) is 3. The number of carbonyl (C=O) groups is 1. The number of unbranched alkanes of at least 4 members (excludes halogenated alkanes) is 2. The molecule has 0 heterocycles. The van der Waals surface area contributed by atoms with Gasteiger partial charge in [0, 0.05) is 0 Å². The van der Waals surface area contributed by atoms with Crippen LogP contribution < -0.4 is 0 Å². The van der Waals surface area contributed by atoms with E-state index in [0.717, 1.165) is 19.3 Å². The summed E-state index contributed by atoms with van der Waals surface area (Å²) < 4.78 is 10.1. The van der Waals surface area contributed by atoms with Gasteiger partial charge in [-0.05, 0) is 12.8 Å². The molecule has 0 aliphatic heterocycles. The maximum atomic E-state index is 11.0. The summed E-state index contributed by atoms with van der Waals surface area (Å²) in [4.78, 5) is 29.9. The Kier molecular flexibility index (Phi) is 8.21. The van der Waals surface area contributed by atoms with Gasteiger partial charge in [-0.25, -0.2) is 0 Å². The van der Waals surface area contributed by atoms with Crippen molar-refractivity contribution in [1.82, 2.24) is 4.90 Å². The minimum atomic E-state index is -4.31. The van der Waals surface area contributed by atoms with Crippen LogP contribution in [0.15, 0.2) is 0 Å². The van der Waals surface area contributed by atoms with Crippen molar-refractivity contribution in [1.29, 1.82) is 0 Å². The van der Waals surface area contributed by atoms with Gasteiger partial charge in [0.1, 0.15) is 9.64 Å². The van der Waals surface area contributed by atoms with Crippen LogP contribution in [0.2, 0.25) is 0 Å². The first-order valence-corrected chi connectivity index (χ1v) is 8.86. The first-order valence-electron chi connectivity index (χ1n) is 5.47. The molecule has 0 spiro atoms. The smallest absolute Gasteiger partial charge is 0.339 e. The van der Waals surface area contributed by atoms with Crippen LogP contribution in [0.4, 0.5) is 0 Å². The highest BCUT2D eigenvalue weighted by molar-refractivity contribution is 9.25. The van der Waals surface area contributed by atoms with Gasteiger partial charge in [0.25, 0.3) is 0 Å². The van der Waals surface area contributed by atoms with Gasteiger partial charge in [0.2, 0.25) is 0 Å². The predicted octanol–water partition coefficient (Wildman–Crippen LogP) is 2.53. The summed E-state index contributed by atoms with van der Waals surface area (Å²) >= 11 is 6.59. The number of carboxylic acid groups (broad SMARTS) is 1. The average molecular weight is 411 g/mol. The molecule has 0 atom stereocenters. The van der Waals surface area contributed by atoms with E-state index in [9.17, 15) is 9.36 Å². The summed E-state index contributed by atoms with van der Waals surface area (Å²) in [5.41, 5.74) is 0. The highest BCUT2D eigenvalue weighted by atomic mass is 79.9. The molecule has 0 bridgehead atoms. The van der Waals surface area contributed by atoms with Gasteiger partial charge >= 0.3 is 13.6 Å². The van der Waals surface area contributed by atoms with Crippen LogP contribution in [-0.4, -0.2) is 42.0 Å². The normalized spacial score (nSPS) is 13.0. The van der Waals surface area contributed by atoms with Gasteiger partial charge in [-0.1, -0.05) is 51.6 Å². The lowest BCUT2D eigenvalue weighted by atomic mass is 10.2. The fourth-order valence-corrected chi connectivity index (χ4v) is 3.64. The number of aliphatic carboxylic acids is 1. The van der Waals surface area contributed by atoms with Gasteiger partial charge in [-0.2, -0.15) is 0 Å². The van der Waals surface area contributed by atoms with E-state index in [1.54, 1.807) is 0 Å². The lowest BCUT2D eigenvalue weighted by molar-refractivity contribution is -0.138. The van der Waals surface area contributed by atoms with E-state index < -0.39 is 29.8 Å². The lowest BCUT2D eigenvalue weighted by Gasteiger charge is -2.34. The van der Waals surface area contributed by atoms with Crippen molar-refractivity contribution in [2.45, 2.75) is 36.0 Å². The number of halogens is 2. The van der Waals surface area contributed by atoms with Gasteiger partial charge < -0.3 is 14.9 Å². The SMILES string of the molecule is CCCCCC(Br)(Br)N(CC(=O)O)CP(=O)(O)O. The van der Waals surface area contributed by atoms with Gasteiger partial charge in [0.15, 0.2) is 0 Å². The molecule has 0 saturated carbocycles. The Morgan fingerprint density at radius 2 is 1.89 bits per heavy atom. The second-order valence-electron chi connectivity index (χ2n) is 4.02. The van der Waals surface area contributed by atoms with E-state index in [4.69, 9.17) is 14.9 Å². The number of carboxylic acids is 1. The molecule has 0 saturated heterocycles. The molecule has 18 heavy (non-hydrogen) atoms. The minimum Gasteiger partial charge on any atom is -0.480 e. The maximum Gasteiger partial charge on any atom is 0.339 e. The third-order valence-electron chi connectivity index (χ3n) is 2.22. The molecule has 3 N–H and O–H groups in total. The van der Waals surface area contributed by atoms with E-state index in [1.807, 2.05) is 6.92 Å². The van der Waals surface area contributed by atoms with E-state index in [-0.39, 0.29) is 0 Å². The van der Waals surface area contributed by atoms with E-state index >= 15 is 0 Å². The summed E-state index contributed by atoms with van der Waals surface area (Å²) in [5, 5.41) is 8.78. The molecule has 6 nitrogen and oxygen atoms in total. The quantitative estimate of drug-likeness (QED) is 0.234. The van der Waals surface area contributed by atoms with Crippen molar-refractivity contribution in [3.63, 3.8) is 0 Å². The van der Waals surface area contributed by atoms with Crippen LogP contribution in [0.25, 0.3) is 0 Å². The fourth-order valence-electron chi connectivity index (χ4n) is 1.40. The standard InChI is InChI=1S/C9H18Br2NO5P/c1-2-3-4-5-9(10,11)12(6-8(13)14)7-18(15,16)17/h2-7H2,1H3,(H,13,14)(H2,15,16,17). The van der Waals surface area contributed by atoms with E-state index in [0.29, 0.717) is 6.42 Å². The molecule has 0 radical (unpaired) electrons. The number of rotatable bonds is 9. The fraction of sp³-hybridized carbons (Fsp3) is 0.889. The van der Waals surface area contributed by atoms with Gasteiger partial charge in [-0.15, -0.1) is 0 Å². The third-order valence-corrected chi connectivity index (χ3v) is 4.73. The Hall–Kier alpha value is 0.540. The molecular formula is C9H18Br2NO5P. The Morgan fingerprint density at radius 1 is 1.33 bits per heavy atom. The zero-order valence-electron chi connectivity index (χ0n) is 10.1.